The Morgan fingerprint density at radius 3 is 3.00 bits per heavy atom. The zero-order valence-corrected chi connectivity index (χ0v) is 11.0. The molecule has 0 amide bonds. The Morgan fingerprint density at radius 2 is 2.29 bits per heavy atom. The highest BCUT2D eigenvalue weighted by Crippen LogP contribution is 2.35. The topological polar surface area (TPSA) is 44.3 Å². The lowest BCUT2D eigenvalue weighted by Gasteiger charge is -2.25. The number of benzene rings is 1. The average molecular weight is 251 g/mol. The number of para-hydroxylation sites is 1. The number of nitrogens with one attached hydrogen (secondary N) is 1. The number of fused-ring (bicyclic) bond motifs is 1. The van der Waals surface area contributed by atoms with Gasteiger partial charge in [0.1, 0.15) is 11.4 Å². The quantitative estimate of drug-likeness (QED) is 0.661. The highest BCUT2D eigenvalue weighted by molar-refractivity contribution is 7.94. The van der Waals surface area contributed by atoms with E-state index in [9.17, 15) is 4.55 Å². The third kappa shape index (κ3) is 2.42. The van der Waals surface area contributed by atoms with Crippen LogP contribution in [0.4, 0.5) is 5.69 Å². The second-order valence-corrected chi connectivity index (χ2v) is 6.36. The number of anilines is 1. The molecular formula is C13H17NO2S. The summed E-state index contributed by atoms with van der Waals surface area (Å²) in [7, 11) is 0. The van der Waals surface area contributed by atoms with E-state index >= 15 is 0 Å². The summed E-state index contributed by atoms with van der Waals surface area (Å²) in [6.45, 7) is 8.17. The zero-order valence-electron chi connectivity index (χ0n) is 10.2. The lowest BCUT2D eigenvalue weighted by atomic mass is 10.1. The van der Waals surface area contributed by atoms with Gasteiger partial charge >= 0.3 is 0 Å². The number of hydrogen-bond acceptors (Lipinski definition) is 3. The maximum absolute atomic E-state index is 12.1. The molecule has 0 bridgehead atoms. The Kier molecular flexibility index (Phi) is 3.35. The number of hydrogen-bond donors (Lipinski definition) is 1. The maximum Gasteiger partial charge on any atom is 0.162 e. The van der Waals surface area contributed by atoms with Crippen molar-refractivity contribution in [1.82, 2.24) is 0 Å². The van der Waals surface area contributed by atoms with Crippen molar-refractivity contribution < 1.29 is 9.29 Å². The van der Waals surface area contributed by atoms with Crippen molar-refractivity contribution >= 4 is 17.0 Å². The van der Waals surface area contributed by atoms with Crippen LogP contribution in [0, 0.1) is 0 Å². The van der Waals surface area contributed by atoms with Crippen molar-refractivity contribution in [3.63, 3.8) is 0 Å². The van der Waals surface area contributed by atoms with Crippen LogP contribution in [-0.4, -0.2) is 15.9 Å². The first-order chi connectivity index (χ1) is 8.04. The molecule has 4 heteroatoms. The van der Waals surface area contributed by atoms with Gasteiger partial charge in [-0.05, 0) is 31.6 Å². The monoisotopic (exact) mass is 251 g/mol. The molecule has 0 radical (unpaired) electrons. The van der Waals surface area contributed by atoms with Crippen LogP contribution in [0.25, 0.3) is 0 Å². The van der Waals surface area contributed by atoms with Crippen LogP contribution >= 0.6 is 0 Å². The molecule has 0 saturated heterocycles. The van der Waals surface area contributed by atoms with Gasteiger partial charge in [0.2, 0.25) is 0 Å². The molecular weight excluding hydrogens is 234 g/mol. The van der Waals surface area contributed by atoms with Gasteiger partial charge in [-0.25, -0.2) is 4.72 Å². The number of rotatable bonds is 4. The summed E-state index contributed by atoms with van der Waals surface area (Å²) in [5, 5.41) is 0. The van der Waals surface area contributed by atoms with E-state index < -0.39 is 16.1 Å². The third-order valence-electron chi connectivity index (χ3n) is 2.89. The van der Waals surface area contributed by atoms with E-state index in [0.29, 0.717) is 6.61 Å². The fourth-order valence-corrected chi connectivity index (χ4v) is 2.38. The van der Waals surface area contributed by atoms with Gasteiger partial charge in [-0.1, -0.05) is 18.7 Å². The zero-order chi connectivity index (χ0) is 12.5. The van der Waals surface area contributed by atoms with Gasteiger partial charge in [0.05, 0.1) is 18.0 Å². The summed E-state index contributed by atoms with van der Waals surface area (Å²) in [5.74, 6) is 0.834. The van der Waals surface area contributed by atoms with Crippen molar-refractivity contribution in [3.05, 3.63) is 36.4 Å². The van der Waals surface area contributed by atoms with Gasteiger partial charge in [0.15, 0.2) is 4.75 Å². The molecule has 2 rings (SSSR count). The van der Waals surface area contributed by atoms with Gasteiger partial charge in [-0.15, -0.1) is 0 Å². The van der Waals surface area contributed by atoms with E-state index in [1.165, 1.54) is 5.56 Å². The smallest absolute Gasteiger partial charge is 0.162 e. The van der Waals surface area contributed by atoms with Crippen molar-refractivity contribution in [1.29, 1.82) is 0 Å². The van der Waals surface area contributed by atoms with E-state index in [1.807, 2.05) is 32.0 Å². The standard InChI is InChI=1S/C13H17NO2S/c1-4-13(2,3)17(15)14-11-7-5-6-10-8-9-16-12(10)11/h4-7,14H,1,8-9H2,2-3H3/t17-/m1/s1. The molecule has 0 aromatic heterocycles. The highest BCUT2D eigenvalue weighted by Gasteiger charge is 2.30. The molecule has 1 N–H and O–H groups in total. The second-order valence-electron chi connectivity index (χ2n) is 4.57. The normalized spacial score (nSPS) is 15.9. The summed E-state index contributed by atoms with van der Waals surface area (Å²) in [5.41, 5.74) is 1.97. The van der Waals surface area contributed by atoms with Crippen LogP contribution in [-0.2, 0) is 17.8 Å². The van der Waals surface area contributed by atoms with Crippen LogP contribution in [0.1, 0.15) is 19.4 Å². The molecule has 1 aliphatic heterocycles. The largest absolute Gasteiger partial charge is 0.592 e. The Bertz CT molecular complexity index is 431. The Balaban J connectivity index is 2.20. The predicted octanol–water partition coefficient (Wildman–Crippen LogP) is 2.66. The number of ether oxygens (including phenoxy) is 1. The van der Waals surface area contributed by atoms with Crippen LogP contribution in [0.3, 0.4) is 0 Å². The SMILES string of the molecule is C=CC(C)(C)[S@@+]([O-])Nc1cccc2c1OCC2. The molecule has 1 aromatic carbocycles. The van der Waals surface area contributed by atoms with E-state index in [1.54, 1.807) is 6.08 Å². The van der Waals surface area contributed by atoms with Gasteiger partial charge in [0.25, 0.3) is 0 Å². The molecule has 0 aliphatic carbocycles. The van der Waals surface area contributed by atoms with E-state index in [-0.39, 0.29) is 0 Å². The molecule has 3 nitrogen and oxygen atoms in total. The van der Waals surface area contributed by atoms with Crippen LogP contribution in [0.2, 0.25) is 0 Å². The predicted molar refractivity (Wildman–Crippen MR) is 71.7 cm³/mol. The third-order valence-corrected chi connectivity index (χ3v) is 4.41. The highest BCUT2D eigenvalue weighted by atomic mass is 32.2. The minimum absolute atomic E-state index is 0.471. The summed E-state index contributed by atoms with van der Waals surface area (Å²) in [6.07, 6.45) is 2.61. The van der Waals surface area contributed by atoms with Gasteiger partial charge < -0.3 is 9.29 Å². The first kappa shape index (κ1) is 12.3. The molecule has 0 fully saturated rings. The fourth-order valence-electron chi connectivity index (χ4n) is 1.60. The van der Waals surface area contributed by atoms with Crippen LogP contribution in [0.5, 0.6) is 5.75 Å². The minimum Gasteiger partial charge on any atom is -0.592 e. The van der Waals surface area contributed by atoms with Crippen LogP contribution in [0.15, 0.2) is 30.9 Å². The first-order valence-corrected chi connectivity index (χ1v) is 6.76. The molecule has 1 aromatic rings. The van der Waals surface area contributed by atoms with Crippen molar-refractivity contribution in [2.45, 2.75) is 25.0 Å². The summed E-state index contributed by atoms with van der Waals surface area (Å²) >= 11 is -1.22. The van der Waals surface area contributed by atoms with Crippen molar-refractivity contribution in [3.8, 4) is 5.75 Å². The average Bonchev–Trinajstić information content (AvgIpc) is 2.78. The Labute approximate surface area is 105 Å². The molecule has 92 valence electrons. The van der Waals surface area contributed by atoms with Gasteiger partial charge in [0, 0.05) is 6.42 Å². The van der Waals surface area contributed by atoms with Gasteiger partial charge in [-0.3, -0.25) is 0 Å². The Hall–Kier alpha value is -1.13. The lowest BCUT2D eigenvalue weighted by Crippen LogP contribution is -2.34. The molecule has 0 saturated carbocycles. The van der Waals surface area contributed by atoms with Gasteiger partial charge in [-0.2, -0.15) is 0 Å². The minimum atomic E-state index is -1.22. The lowest BCUT2D eigenvalue weighted by molar-refractivity contribution is 0.358. The second kappa shape index (κ2) is 4.63. The molecule has 0 spiro atoms. The molecule has 1 heterocycles. The van der Waals surface area contributed by atoms with Crippen molar-refractivity contribution in [2.24, 2.45) is 0 Å². The molecule has 1 aliphatic rings. The van der Waals surface area contributed by atoms with Crippen molar-refractivity contribution in [2.75, 3.05) is 11.3 Å². The summed E-state index contributed by atoms with van der Waals surface area (Å²) < 4.78 is 20.2. The fraction of sp³-hybridized carbons (Fsp3) is 0.385. The molecule has 0 unspecified atom stereocenters. The summed E-state index contributed by atoms with van der Waals surface area (Å²) in [6, 6.07) is 5.88. The maximum atomic E-state index is 12.1. The molecule has 17 heavy (non-hydrogen) atoms. The summed E-state index contributed by atoms with van der Waals surface area (Å²) in [4.78, 5) is 0. The molecule has 1 atom stereocenters. The van der Waals surface area contributed by atoms with E-state index in [0.717, 1.165) is 17.9 Å². The Morgan fingerprint density at radius 1 is 1.53 bits per heavy atom. The van der Waals surface area contributed by atoms with E-state index in [2.05, 4.69) is 11.3 Å². The first-order valence-electron chi connectivity index (χ1n) is 5.61. The van der Waals surface area contributed by atoms with Crippen LogP contribution < -0.4 is 9.46 Å². The van der Waals surface area contributed by atoms with E-state index in [4.69, 9.17) is 4.74 Å².